The number of likely N-dealkylation sites (tertiary alicyclic amines) is 1. The molecular weight excluding hydrogens is 306 g/mol. The highest BCUT2D eigenvalue weighted by atomic mass is 19.3. The Kier molecular flexibility index (Phi) is 6.29. The SMILES string of the molecule is CN(CC(=O)N1CCC(O)CC1)Cc1cccc(OC(F)F)c1. The Morgan fingerprint density at radius 1 is 1.43 bits per heavy atom. The Hall–Kier alpha value is -1.73. The van der Waals surface area contributed by atoms with Gasteiger partial charge in [-0.25, -0.2) is 0 Å². The third-order valence-corrected chi connectivity index (χ3v) is 3.80. The third-order valence-electron chi connectivity index (χ3n) is 3.80. The van der Waals surface area contributed by atoms with Gasteiger partial charge >= 0.3 is 6.61 Å². The van der Waals surface area contributed by atoms with E-state index in [1.165, 1.54) is 6.07 Å². The smallest absolute Gasteiger partial charge is 0.387 e. The summed E-state index contributed by atoms with van der Waals surface area (Å²) in [5.74, 6) is 0.127. The first-order valence-electron chi connectivity index (χ1n) is 7.62. The monoisotopic (exact) mass is 328 g/mol. The first-order chi connectivity index (χ1) is 10.9. The molecule has 0 spiro atoms. The van der Waals surface area contributed by atoms with Gasteiger partial charge in [-0.15, -0.1) is 0 Å². The highest BCUT2D eigenvalue weighted by Crippen LogP contribution is 2.17. The fraction of sp³-hybridized carbons (Fsp3) is 0.562. The molecule has 0 atom stereocenters. The highest BCUT2D eigenvalue weighted by molar-refractivity contribution is 5.78. The van der Waals surface area contributed by atoms with Crippen LogP contribution in [0.2, 0.25) is 0 Å². The van der Waals surface area contributed by atoms with Crippen molar-refractivity contribution in [3.63, 3.8) is 0 Å². The maximum absolute atomic E-state index is 12.2. The van der Waals surface area contributed by atoms with Crippen LogP contribution < -0.4 is 4.74 Å². The molecule has 7 heteroatoms. The van der Waals surface area contributed by atoms with Crippen LogP contribution in [0, 0.1) is 0 Å². The van der Waals surface area contributed by atoms with Gasteiger partial charge in [-0.1, -0.05) is 12.1 Å². The Labute approximate surface area is 134 Å². The van der Waals surface area contributed by atoms with Crippen LogP contribution >= 0.6 is 0 Å². The lowest BCUT2D eigenvalue weighted by Gasteiger charge is -2.31. The van der Waals surface area contributed by atoms with E-state index < -0.39 is 6.61 Å². The van der Waals surface area contributed by atoms with Crippen molar-refractivity contribution in [2.24, 2.45) is 0 Å². The fourth-order valence-electron chi connectivity index (χ4n) is 2.63. The summed E-state index contributed by atoms with van der Waals surface area (Å²) in [5.41, 5.74) is 0.799. The molecule has 1 aromatic rings. The van der Waals surface area contributed by atoms with Gasteiger partial charge in [0.05, 0.1) is 12.6 Å². The number of rotatable bonds is 6. The number of nitrogens with zero attached hydrogens (tertiary/aromatic N) is 2. The van der Waals surface area contributed by atoms with Gasteiger partial charge in [0.1, 0.15) is 5.75 Å². The summed E-state index contributed by atoms with van der Waals surface area (Å²) in [6, 6.07) is 6.47. The molecule has 2 rings (SSSR count). The highest BCUT2D eigenvalue weighted by Gasteiger charge is 2.22. The van der Waals surface area contributed by atoms with Crippen LogP contribution in [0.15, 0.2) is 24.3 Å². The van der Waals surface area contributed by atoms with Gasteiger partial charge in [0.15, 0.2) is 0 Å². The predicted molar refractivity (Wildman–Crippen MR) is 81.2 cm³/mol. The maximum atomic E-state index is 12.2. The quantitative estimate of drug-likeness (QED) is 0.864. The summed E-state index contributed by atoms with van der Waals surface area (Å²) in [6.45, 7) is -0.991. The second kappa shape index (κ2) is 8.21. The Morgan fingerprint density at radius 3 is 2.78 bits per heavy atom. The molecule has 0 saturated carbocycles. The maximum Gasteiger partial charge on any atom is 0.387 e. The van der Waals surface area contributed by atoms with Gasteiger partial charge in [-0.2, -0.15) is 8.78 Å². The minimum absolute atomic E-state index is 0.0133. The minimum atomic E-state index is -2.85. The van der Waals surface area contributed by atoms with Crippen molar-refractivity contribution < 1.29 is 23.4 Å². The zero-order valence-corrected chi connectivity index (χ0v) is 13.1. The number of piperidine rings is 1. The molecule has 1 aromatic carbocycles. The van der Waals surface area contributed by atoms with Crippen molar-refractivity contribution in [2.45, 2.75) is 32.1 Å². The number of carbonyl (C=O) groups excluding carboxylic acids is 1. The van der Waals surface area contributed by atoms with Crippen LogP contribution in [0.5, 0.6) is 5.75 Å². The first kappa shape index (κ1) is 17.6. The van der Waals surface area contributed by atoms with Crippen LogP contribution in [0.25, 0.3) is 0 Å². The molecule has 1 N–H and O–H groups in total. The molecule has 0 aromatic heterocycles. The van der Waals surface area contributed by atoms with Crippen molar-refractivity contribution in [3.05, 3.63) is 29.8 Å². The number of hydrogen-bond acceptors (Lipinski definition) is 4. The molecule has 1 aliphatic heterocycles. The van der Waals surface area contributed by atoms with Crippen LogP contribution in [-0.2, 0) is 11.3 Å². The lowest BCUT2D eigenvalue weighted by atomic mass is 10.1. The van der Waals surface area contributed by atoms with Crippen molar-refractivity contribution in [1.29, 1.82) is 0 Å². The van der Waals surface area contributed by atoms with E-state index in [1.807, 2.05) is 4.90 Å². The Bertz CT molecular complexity index is 520. The predicted octanol–water partition coefficient (Wildman–Crippen LogP) is 1.70. The summed E-state index contributed by atoms with van der Waals surface area (Å²) < 4.78 is 28.8. The van der Waals surface area contributed by atoms with E-state index >= 15 is 0 Å². The molecule has 1 aliphatic rings. The van der Waals surface area contributed by atoms with E-state index in [0.717, 1.165) is 5.56 Å². The van der Waals surface area contributed by atoms with Crippen LogP contribution in [-0.4, -0.2) is 60.2 Å². The summed E-state index contributed by atoms with van der Waals surface area (Å²) in [6.07, 6.45) is 0.916. The van der Waals surface area contributed by atoms with Gasteiger partial charge in [-0.3, -0.25) is 9.69 Å². The minimum Gasteiger partial charge on any atom is -0.435 e. The summed E-state index contributed by atoms with van der Waals surface area (Å²) in [5, 5.41) is 9.46. The average Bonchev–Trinajstić information content (AvgIpc) is 2.47. The molecule has 0 radical (unpaired) electrons. The standard InChI is InChI=1S/C16H22F2N2O3/c1-19(11-15(22)20-7-5-13(21)6-8-20)10-12-3-2-4-14(9-12)23-16(17)18/h2-4,9,13,16,21H,5-8,10-11H2,1H3. The zero-order chi connectivity index (χ0) is 16.8. The van der Waals surface area contributed by atoms with E-state index in [1.54, 1.807) is 30.1 Å². The summed E-state index contributed by atoms with van der Waals surface area (Å²) in [4.78, 5) is 15.8. The van der Waals surface area contributed by atoms with Crippen molar-refractivity contribution >= 4 is 5.91 Å². The van der Waals surface area contributed by atoms with Crippen molar-refractivity contribution in [2.75, 3.05) is 26.7 Å². The number of carbonyl (C=O) groups is 1. The summed E-state index contributed by atoms with van der Waals surface area (Å²) in [7, 11) is 1.80. The zero-order valence-electron chi connectivity index (χ0n) is 13.1. The number of hydrogen-bond donors (Lipinski definition) is 1. The van der Waals surface area contributed by atoms with Crippen molar-refractivity contribution in [1.82, 2.24) is 9.80 Å². The second-order valence-corrected chi connectivity index (χ2v) is 5.81. The molecular formula is C16H22F2N2O3. The number of aliphatic hydroxyl groups is 1. The molecule has 0 unspecified atom stereocenters. The molecule has 1 heterocycles. The second-order valence-electron chi connectivity index (χ2n) is 5.81. The number of benzene rings is 1. The molecule has 0 bridgehead atoms. The van der Waals surface area contributed by atoms with E-state index in [2.05, 4.69) is 4.74 Å². The number of aliphatic hydroxyl groups excluding tert-OH is 1. The van der Waals surface area contributed by atoms with Crippen molar-refractivity contribution in [3.8, 4) is 5.75 Å². The topological polar surface area (TPSA) is 53.0 Å². The lowest BCUT2D eigenvalue weighted by Crippen LogP contribution is -2.44. The van der Waals surface area contributed by atoms with E-state index in [-0.39, 0.29) is 24.3 Å². The summed E-state index contributed by atoms with van der Waals surface area (Å²) >= 11 is 0. The Balaban J connectivity index is 1.84. The molecule has 1 amide bonds. The fourth-order valence-corrected chi connectivity index (χ4v) is 2.63. The molecule has 1 saturated heterocycles. The molecule has 23 heavy (non-hydrogen) atoms. The largest absolute Gasteiger partial charge is 0.435 e. The molecule has 5 nitrogen and oxygen atoms in total. The van der Waals surface area contributed by atoms with E-state index in [9.17, 15) is 18.7 Å². The molecule has 128 valence electrons. The Morgan fingerprint density at radius 2 is 2.13 bits per heavy atom. The van der Waals surface area contributed by atoms with Crippen LogP contribution in [0.3, 0.4) is 0 Å². The van der Waals surface area contributed by atoms with E-state index in [4.69, 9.17) is 0 Å². The normalized spacial score (nSPS) is 16.2. The van der Waals surface area contributed by atoms with E-state index in [0.29, 0.717) is 32.5 Å². The number of likely N-dealkylation sites (N-methyl/N-ethyl adjacent to an activating group) is 1. The first-order valence-corrected chi connectivity index (χ1v) is 7.62. The number of alkyl halides is 2. The van der Waals surface area contributed by atoms with Gasteiger partial charge in [0.2, 0.25) is 5.91 Å². The van der Waals surface area contributed by atoms with Crippen LogP contribution in [0.1, 0.15) is 18.4 Å². The van der Waals surface area contributed by atoms with Gasteiger partial charge in [0.25, 0.3) is 0 Å². The molecule has 1 fully saturated rings. The lowest BCUT2D eigenvalue weighted by molar-refractivity contribution is -0.134. The third kappa shape index (κ3) is 5.76. The van der Waals surface area contributed by atoms with Gasteiger partial charge in [-0.05, 0) is 37.6 Å². The van der Waals surface area contributed by atoms with Crippen LogP contribution in [0.4, 0.5) is 8.78 Å². The number of amides is 1. The number of ether oxygens (including phenoxy) is 1. The average molecular weight is 328 g/mol. The molecule has 0 aliphatic carbocycles. The van der Waals surface area contributed by atoms with Gasteiger partial charge in [0, 0.05) is 19.6 Å². The number of halogens is 2. The van der Waals surface area contributed by atoms with Gasteiger partial charge < -0.3 is 14.7 Å².